The van der Waals surface area contributed by atoms with Crippen LogP contribution in [-0.4, -0.2) is 41.9 Å². The van der Waals surface area contributed by atoms with Gasteiger partial charge in [0.1, 0.15) is 11.3 Å². The summed E-state index contributed by atoms with van der Waals surface area (Å²) in [6.07, 6.45) is 3.32. The van der Waals surface area contributed by atoms with Crippen LogP contribution in [0.3, 0.4) is 0 Å². The summed E-state index contributed by atoms with van der Waals surface area (Å²) in [5.41, 5.74) is -0.0534. The maximum Gasteiger partial charge on any atom is 0.254 e. The number of hydrogen-bond donors (Lipinski definition) is 1. The van der Waals surface area contributed by atoms with Gasteiger partial charge in [-0.1, -0.05) is 6.07 Å². The molecule has 2 fully saturated rings. The Hall–Kier alpha value is -2.04. The van der Waals surface area contributed by atoms with Gasteiger partial charge in [-0.15, -0.1) is 0 Å². The first-order valence-corrected chi connectivity index (χ1v) is 8.00. The Morgan fingerprint density at radius 1 is 1.36 bits per heavy atom. The lowest BCUT2D eigenvalue weighted by molar-refractivity contribution is -0.133. The van der Waals surface area contributed by atoms with Crippen LogP contribution < -0.4 is 10.1 Å². The Labute approximate surface area is 130 Å². The smallest absolute Gasteiger partial charge is 0.254 e. The van der Waals surface area contributed by atoms with Gasteiger partial charge in [-0.2, -0.15) is 0 Å². The van der Waals surface area contributed by atoms with E-state index in [9.17, 15) is 9.59 Å². The van der Waals surface area contributed by atoms with E-state index in [0.29, 0.717) is 31.0 Å². The maximum absolute atomic E-state index is 12.9. The summed E-state index contributed by atoms with van der Waals surface area (Å²) in [5, 5.41) is 2.93. The van der Waals surface area contributed by atoms with Gasteiger partial charge in [0.15, 0.2) is 0 Å². The summed E-state index contributed by atoms with van der Waals surface area (Å²) >= 11 is 0. The van der Waals surface area contributed by atoms with Gasteiger partial charge in [0.25, 0.3) is 5.91 Å². The molecule has 2 aliphatic rings. The van der Waals surface area contributed by atoms with E-state index >= 15 is 0 Å². The highest BCUT2D eigenvalue weighted by molar-refractivity contribution is 6.00. The van der Waals surface area contributed by atoms with Gasteiger partial charge in [0.2, 0.25) is 5.91 Å². The lowest BCUT2D eigenvalue weighted by atomic mass is 9.86. The fourth-order valence-electron chi connectivity index (χ4n) is 3.57. The summed E-state index contributed by atoms with van der Waals surface area (Å²) in [6.45, 7) is 3.83. The lowest BCUT2D eigenvalue weighted by Crippen LogP contribution is -2.60. The third-order valence-electron chi connectivity index (χ3n) is 4.60. The summed E-state index contributed by atoms with van der Waals surface area (Å²) in [4.78, 5) is 27.1. The Morgan fingerprint density at radius 2 is 2.18 bits per heavy atom. The van der Waals surface area contributed by atoms with Crippen LogP contribution in [0.5, 0.6) is 5.75 Å². The van der Waals surface area contributed by atoms with Crippen molar-refractivity contribution in [3.63, 3.8) is 0 Å². The highest BCUT2D eigenvalue weighted by Gasteiger charge is 2.50. The summed E-state index contributed by atoms with van der Waals surface area (Å²) in [6, 6.07) is 7.21. The molecule has 2 amide bonds. The van der Waals surface area contributed by atoms with Crippen LogP contribution in [-0.2, 0) is 4.79 Å². The molecular weight excluding hydrogens is 280 g/mol. The Morgan fingerprint density at radius 3 is 2.95 bits per heavy atom. The van der Waals surface area contributed by atoms with E-state index in [1.807, 2.05) is 19.1 Å². The lowest BCUT2D eigenvalue weighted by Gasteiger charge is -2.40. The summed E-state index contributed by atoms with van der Waals surface area (Å²) in [5.74, 6) is 0.622. The molecule has 1 aromatic carbocycles. The zero-order valence-electron chi connectivity index (χ0n) is 12.9. The predicted octanol–water partition coefficient (Wildman–Crippen LogP) is 1.97. The van der Waals surface area contributed by atoms with Crippen molar-refractivity contribution in [3.05, 3.63) is 29.8 Å². The van der Waals surface area contributed by atoms with E-state index in [2.05, 4.69) is 5.32 Å². The molecule has 0 radical (unpaired) electrons. The Kier molecular flexibility index (Phi) is 4.05. The molecule has 5 nitrogen and oxygen atoms in total. The van der Waals surface area contributed by atoms with Gasteiger partial charge < -0.3 is 15.0 Å². The van der Waals surface area contributed by atoms with E-state index in [1.54, 1.807) is 17.0 Å². The van der Waals surface area contributed by atoms with Gasteiger partial charge in [-0.25, -0.2) is 0 Å². The largest absolute Gasteiger partial charge is 0.494 e. The number of hydrogen-bond acceptors (Lipinski definition) is 3. The molecule has 0 saturated carbocycles. The number of nitrogens with one attached hydrogen (secondary N) is 1. The minimum Gasteiger partial charge on any atom is -0.494 e. The zero-order valence-corrected chi connectivity index (χ0v) is 12.9. The number of carbonyl (C=O) groups is 2. The van der Waals surface area contributed by atoms with Crippen LogP contribution in [0.2, 0.25) is 0 Å². The molecule has 1 spiro atoms. The average Bonchev–Trinajstić information content (AvgIpc) is 2.95. The van der Waals surface area contributed by atoms with Crippen LogP contribution in [0, 0.1) is 0 Å². The van der Waals surface area contributed by atoms with Crippen LogP contribution in [0.1, 0.15) is 43.0 Å². The second kappa shape index (κ2) is 5.99. The molecule has 5 heteroatoms. The van der Waals surface area contributed by atoms with Crippen LogP contribution >= 0.6 is 0 Å². The molecule has 1 aromatic rings. The number of benzene rings is 1. The standard InChI is InChI=1S/C17H22N2O3/c1-2-22-14-7-3-6-13(12-14)15(20)19-11-5-9-17(19)8-4-10-18-16(17)21/h3,6-7,12H,2,4-5,8-11H2,1H3,(H,18,21). The molecule has 0 aromatic heterocycles. The quantitative estimate of drug-likeness (QED) is 0.928. The number of rotatable bonds is 3. The van der Waals surface area contributed by atoms with Crippen molar-refractivity contribution in [3.8, 4) is 5.75 Å². The third kappa shape index (κ3) is 2.45. The van der Waals surface area contributed by atoms with Gasteiger partial charge >= 0.3 is 0 Å². The first-order chi connectivity index (χ1) is 10.7. The van der Waals surface area contributed by atoms with Gasteiger partial charge in [-0.05, 0) is 50.8 Å². The number of carbonyl (C=O) groups excluding carboxylic acids is 2. The van der Waals surface area contributed by atoms with Crippen molar-refractivity contribution in [1.82, 2.24) is 10.2 Å². The highest BCUT2D eigenvalue weighted by Crippen LogP contribution is 2.37. The van der Waals surface area contributed by atoms with Gasteiger partial charge in [0, 0.05) is 18.7 Å². The predicted molar refractivity (Wildman–Crippen MR) is 82.9 cm³/mol. The zero-order chi connectivity index (χ0) is 15.6. The average molecular weight is 302 g/mol. The Balaban J connectivity index is 1.87. The van der Waals surface area contributed by atoms with Crippen molar-refractivity contribution in [2.45, 2.75) is 38.1 Å². The van der Waals surface area contributed by atoms with Crippen molar-refractivity contribution < 1.29 is 14.3 Å². The molecule has 22 heavy (non-hydrogen) atoms. The monoisotopic (exact) mass is 302 g/mol. The van der Waals surface area contributed by atoms with Crippen LogP contribution in [0.4, 0.5) is 0 Å². The highest BCUT2D eigenvalue weighted by atomic mass is 16.5. The molecule has 2 saturated heterocycles. The number of amides is 2. The van der Waals surface area contributed by atoms with Crippen LogP contribution in [0.25, 0.3) is 0 Å². The van der Waals surface area contributed by atoms with Crippen molar-refractivity contribution in [2.75, 3.05) is 19.7 Å². The second-order valence-corrected chi connectivity index (χ2v) is 5.91. The first-order valence-electron chi connectivity index (χ1n) is 8.00. The number of likely N-dealkylation sites (tertiary alicyclic amines) is 1. The molecule has 1 N–H and O–H groups in total. The minimum atomic E-state index is -0.642. The number of ether oxygens (including phenoxy) is 1. The van der Waals surface area contributed by atoms with Crippen molar-refractivity contribution in [2.24, 2.45) is 0 Å². The van der Waals surface area contributed by atoms with Crippen molar-refractivity contribution in [1.29, 1.82) is 0 Å². The van der Waals surface area contributed by atoms with E-state index in [-0.39, 0.29) is 11.8 Å². The minimum absolute atomic E-state index is 0.00515. The summed E-state index contributed by atoms with van der Waals surface area (Å²) < 4.78 is 5.47. The SMILES string of the molecule is CCOc1cccc(C(=O)N2CCCC23CCCNC3=O)c1. The molecule has 1 atom stereocenters. The van der Waals surface area contributed by atoms with E-state index in [0.717, 1.165) is 25.7 Å². The summed E-state index contributed by atoms with van der Waals surface area (Å²) in [7, 11) is 0. The van der Waals surface area contributed by atoms with Crippen molar-refractivity contribution >= 4 is 11.8 Å². The molecule has 1 unspecified atom stereocenters. The number of piperidine rings is 1. The van der Waals surface area contributed by atoms with E-state index < -0.39 is 5.54 Å². The molecule has 2 aliphatic heterocycles. The third-order valence-corrected chi connectivity index (χ3v) is 4.60. The molecule has 2 heterocycles. The first kappa shape index (κ1) is 14.9. The second-order valence-electron chi connectivity index (χ2n) is 5.91. The van der Waals surface area contributed by atoms with Gasteiger partial charge in [-0.3, -0.25) is 9.59 Å². The van der Waals surface area contributed by atoms with Crippen LogP contribution in [0.15, 0.2) is 24.3 Å². The maximum atomic E-state index is 12.9. The fourth-order valence-corrected chi connectivity index (χ4v) is 3.57. The molecule has 0 bridgehead atoms. The molecule has 3 rings (SSSR count). The van der Waals surface area contributed by atoms with E-state index in [4.69, 9.17) is 4.74 Å². The van der Waals surface area contributed by atoms with Gasteiger partial charge in [0.05, 0.1) is 6.61 Å². The fraction of sp³-hybridized carbons (Fsp3) is 0.529. The topological polar surface area (TPSA) is 58.6 Å². The number of nitrogens with zero attached hydrogens (tertiary/aromatic N) is 1. The normalized spacial score (nSPS) is 24.4. The van der Waals surface area contributed by atoms with E-state index in [1.165, 1.54) is 0 Å². The Bertz CT molecular complexity index is 587. The molecular formula is C17H22N2O3. The molecule has 0 aliphatic carbocycles. The molecule has 118 valence electrons.